The first kappa shape index (κ1) is 11.9. The average Bonchev–Trinajstić information content (AvgIpc) is 2.23. The molecule has 0 radical (unpaired) electrons. The van der Waals surface area contributed by atoms with E-state index in [-0.39, 0.29) is 0 Å². The zero-order chi connectivity index (χ0) is 11.9. The Morgan fingerprint density at radius 2 is 2.19 bits per heavy atom. The van der Waals surface area contributed by atoms with Gasteiger partial charge in [-0.25, -0.2) is 0 Å². The topological polar surface area (TPSA) is 20.2 Å². The van der Waals surface area contributed by atoms with Crippen LogP contribution < -0.4 is 0 Å². The van der Waals surface area contributed by atoms with Crippen molar-refractivity contribution in [3.05, 3.63) is 23.8 Å². The molecule has 0 aromatic rings. The second kappa shape index (κ2) is 4.03. The van der Waals surface area contributed by atoms with Crippen molar-refractivity contribution in [3.63, 3.8) is 0 Å². The molecule has 1 fully saturated rings. The van der Waals surface area contributed by atoms with Crippen LogP contribution in [-0.2, 0) is 0 Å². The van der Waals surface area contributed by atoms with Gasteiger partial charge in [-0.2, -0.15) is 0 Å². The molecular formula is C15H24O. The highest BCUT2D eigenvalue weighted by atomic mass is 16.3. The Labute approximate surface area is 99.3 Å². The van der Waals surface area contributed by atoms with Gasteiger partial charge < -0.3 is 5.11 Å². The van der Waals surface area contributed by atoms with E-state index in [1.807, 2.05) is 6.92 Å². The van der Waals surface area contributed by atoms with Gasteiger partial charge in [-0.15, -0.1) is 0 Å². The molecule has 1 N–H and O–H groups in total. The van der Waals surface area contributed by atoms with Crippen molar-refractivity contribution in [1.29, 1.82) is 0 Å². The molecule has 2 aliphatic carbocycles. The molecule has 0 aromatic carbocycles. The number of allylic oxidation sites excluding steroid dienone is 1. The fourth-order valence-electron chi connectivity index (χ4n) is 3.54. The maximum atomic E-state index is 10.8. The first-order valence-electron chi connectivity index (χ1n) is 6.51. The van der Waals surface area contributed by atoms with Crippen LogP contribution in [0.25, 0.3) is 0 Å². The highest BCUT2D eigenvalue weighted by Gasteiger charge is 2.47. The molecule has 0 bridgehead atoms. The van der Waals surface area contributed by atoms with E-state index in [0.29, 0.717) is 11.8 Å². The zero-order valence-corrected chi connectivity index (χ0v) is 10.8. The SMILES string of the molecule is C=C(C)C1(O)CC[C@@H](C)[C@@H]2CCC(C)=C[C@@H]21. The van der Waals surface area contributed by atoms with Crippen LogP contribution in [0.15, 0.2) is 23.8 Å². The summed E-state index contributed by atoms with van der Waals surface area (Å²) in [4.78, 5) is 0. The highest BCUT2D eigenvalue weighted by molar-refractivity contribution is 5.23. The van der Waals surface area contributed by atoms with Gasteiger partial charge in [-0.3, -0.25) is 0 Å². The molecule has 0 aliphatic heterocycles. The first-order valence-corrected chi connectivity index (χ1v) is 6.51. The van der Waals surface area contributed by atoms with Crippen LogP contribution in [0.3, 0.4) is 0 Å². The van der Waals surface area contributed by atoms with Gasteiger partial charge in [0.15, 0.2) is 0 Å². The van der Waals surface area contributed by atoms with Gasteiger partial charge in [0.2, 0.25) is 0 Å². The molecule has 0 heterocycles. The summed E-state index contributed by atoms with van der Waals surface area (Å²) in [6.07, 6.45) is 6.78. The smallest absolute Gasteiger partial charge is 0.0916 e. The number of fused-ring (bicyclic) bond motifs is 1. The van der Waals surface area contributed by atoms with E-state index in [0.717, 1.165) is 24.3 Å². The Kier molecular flexibility index (Phi) is 3.00. The maximum absolute atomic E-state index is 10.8. The molecule has 0 saturated heterocycles. The van der Waals surface area contributed by atoms with Crippen LogP contribution in [0.2, 0.25) is 0 Å². The van der Waals surface area contributed by atoms with E-state index in [9.17, 15) is 5.11 Å². The van der Waals surface area contributed by atoms with Crippen LogP contribution in [0.4, 0.5) is 0 Å². The number of aliphatic hydroxyl groups is 1. The van der Waals surface area contributed by atoms with Crippen molar-refractivity contribution < 1.29 is 5.11 Å². The normalized spacial score (nSPS) is 43.5. The lowest BCUT2D eigenvalue weighted by Gasteiger charge is -2.49. The highest BCUT2D eigenvalue weighted by Crippen LogP contribution is 2.49. The molecule has 2 aliphatic rings. The quantitative estimate of drug-likeness (QED) is 0.668. The van der Waals surface area contributed by atoms with Crippen LogP contribution in [0.5, 0.6) is 0 Å². The largest absolute Gasteiger partial charge is 0.385 e. The lowest BCUT2D eigenvalue weighted by atomic mass is 9.59. The Bertz CT molecular complexity index is 328. The zero-order valence-electron chi connectivity index (χ0n) is 10.8. The molecule has 1 heteroatoms. The van der Waals surface area contributed by atoms with E-state index >= 15 is 0 Å². The monoisotopic (exact) mass is 220 g/mol. The van der Waals surface area contributed by atoms with E-state index < -0.39 is 5.60 Å². The van der Waals surface area contributed by atoms with Gasteiger partial charge in [-0.1, -0.05) is 25.2 Å². The molecule has 2 rings (SSSR count). The average molecular weight is 220 g/mol. The van der Waals surface area contributed by atoms with Gasteiger partial charge in [0.25, 0.3) is 0 Å². The third-order valence-corrected chi connectivity index (χ3v) is 4.80. The van der Waals surface area contributed by atoms with Crippen molar-refractivity contribution in [2.24, 2.45) is 17.8 Å². The van der Waals surface area contributed by atoms with Gasteiger partial charge in [0, 0.05) is 5.92 Å². The second-order valence-electron chi connectivity index (χ2n) is 5.96. The summed E-state index contributed by atoms with van der Waals surface area (Å²) in [7, 11) is 0. The minimum Gasteiger partial charge on any atom is -0.385 e. The molecule has 0 aromatic heterocycles. The Balaban J connectivity index is 2.36. The summed E-state index contributed by atoms with van der Waals surface area (Å²) >= 11 is 0. The van der Waals surface area contributed by atoms with Crippen molar-refractivity contribution in [2.75, 3.05) is 0 Å². The summed E-state index contributed by atoms with van der Waals surface area (Å²) in [5.74, 6) is 1.70. The van der Waals surface area contributed by atoms with Gasteiger partial charge in [0.05, 0.1) is 5.60 Å². The van der Waals surface area contributed by atoms with Crippen LogP contribution in [-0.4, -0.2) is 10.7 Å². The number of hydrogen-bond acceptors (Lipinski definition) is 1. The molecule has 1 unspecified atom stereocenters. The fraction of sp³-hybridized carbons (Fsp3) is 0.733. The standard InChI is InChI=1S/C15H24O/c1-10(2)15(16)8-7-12(4)13-6-5-11(3)9-14(13)15/h9,12-14,16H,1,5-8H2,2-4H3/t12-,13+,14+,15?/m1/s1. The predicted molar refractivity (Wildman–Crippen MR) is 68.1 cm³/mol. The molecule has 90 valence electrons. The first-order chi connectivity index (χ1) is 7.45. The van der Waals surface area contributed by atoms with Crippen LogP contribution >= 0.6 is 0 Å². The third-order valence-electron chi connectivity index (χ3n) is 4.80. The summed E-state index contributed by atoms with van der Waals surface area (Å²) in [5, 5.41) is 10.8. The Morgan fingerprint density at radius 3 is 2.81 bits per heavy atom. The van der Waals surface area contributed by atoms with Crippen LogP contribution in [0.1, 0.15) is 46.5 Å². The van der Waals surface area contributed by atoms with E-state index in [2.05, 4.69) is 26.5 Å². The Hall–Kier alpha value is -0.560. The molecule has 1 saturated carbocycles. The Morgan fingerprint density at radius 1 is 1.50 bits per heavy atom. The second-order valence-corrected chi connectivity index (χ2v) is 5.96. The summed E-state index contributed by atoms with van der Waals surface area (Å²) < 4.78 is 0. The molecule has 16 heavy (non-hydrogen) atoms. The van der Waals surface area contributed by atoms with Gasteiger partial charge in [-0.05, 0) is 56.9 Å². The van der Waals surface area contributed by atoms with E-state index in [1.165, 1.54) is 18.4 Å². The summed E-state index contributed by atoms with van der Waals surface area (Å²) in [5.41, 5.74) is 1.74. The van der Waals surface area contributed by atoms with E-state index in [4.69, 9.17) is 0 Å². The fourth-order valence-corrected chi connectivity index (χ4v) is 3.54. The lowest BCUT2D eigenvalue weighted by Crippen LogP contribution is -2.48. The maximum Gasteiger partial charge on any atom is 0.0916 e. The van der Waals surface area contributed by atoms with Crippen molar-refractivity contribution in [2.45, 2.75) is 52.1 Å². The molecular weight excluding hydrogens is 196 g/mol. The van der Waals surface area contributed by atoms with Crippen molar-refractivity contribution in [1.82, 2.24) is 0 Å². The van der Waals surface area contributed by atoms with Gasteiger partial charge >= 0.3 is 0 Å². The molecule has 0 amide bonds. The van der Waals surface area contributed by atoms with Crippen LogP contribution in [0, 0.1) is 17.8 Å². The molecule has 0 spiro atoms. The molecule has 4 atom stereocenters. The summed E-state index contributed by atoms with van der Waals surface area (Å²) in [6.45, 7) is 10.5. The lowest BCUT2D eigenvalue weighted by molar-refractivity contribution is -0.0467. The summed E-state index contributed by atoms with van der Waals surface area (Å²) in [6, 6.07) is 0. The van der Waals surface area contributed by atoms with Crippen molar-refractivity contribution in [3.8, 4) is 0 Å². The van der Waals surface area contributed by atoms with Gasteiger partial charge in [0.1, 0.15) is 0 Å². The van der Waals surface area contributed by atoms with E-state index in [1.54, 1.807) is 0 Å². The third kappa shape index (κ3) is 1.75. The minimum absolute atomic E-state index is 0.308. The van der Waals surface area contributed by atoms with Crippen molar-refractivity contribution >= 4 is 0 Å². The molecule has 1 nitrogen and oxygen atoms in total. The predicted octanol–water partition coefficient (Wildman–Crippen LogP) is 3.70. The minimum atomic E-state index is -0.640. The number of rotatable bonds is 1. The number of hydrogen-bond donors (Lipinski definition) is 1.